The molecule has 15 heteroatoms. The Morgan fingerprint density at radius 1 is 1.41 bits per heavy atom. The number of tetrazole rings is 1. The summed E-state index contributed by atoms with van der Waals surface area (Å²) in [7, 11) is -1.60. The molecule has 32 heavy (non-hydrogen) atoms. The molecule has 1 aromatic heterocycles. The van der Waals surface area contributed by atoms with E-state index >= 15 is 0 Å². The van der Waals surface area contributed by atoms with Crippen LogP contribution in [0.15, 0.2) is 28.3 Å². The number of hydrogen-bond acceptors (Lipinski definition) is 11. The molecule has 0 bridgehead atoms. The van der Waals surface area contributed by atoms with Crippen molar-refractivity contribution in [1.82, 2.24) is 25.1 Å². The second-order valence-electron chi connectivity index (χ2n) is 6.94. The maximum absolute atomic E-state index is 12.5. The molecule has 1 aliphatic heterocycles. The van der Waals surface area contributed by atoms with Crippen LogP contribution in [0.3, 0.4) is 0 Å². The van der Waals surface area contributed by atoms with Gasteiger partial charge in [-0.2, -0.15) is 0 Å². The van der Waals surface area contributed by atoms with Gasteiger partial charge in [0.05, 0.1) is 26.9 Å². The van der Waals surface area contributed by atoms with E-state index in [-0.39, 0.29) is 34.2 Å². The fourth-order valence-electron chi connectivity index (χ4n) is 3.23. The molecule has 2 heterocycles. The van der Waals surface area contributed by atoms with Crippen LogP contribution in [-0.4, -0.2) is 81.0 Å². The molecule has 0 radical (unpaired) electrons. The van der Waals surface area contributed by atoms with Crippen molar-refractivity contribution in [2.75, 3.05) is 24.7 Å². The molecule has 0 N–H and O–H groups in total. The van der Waals surface area contributed by atoms with Crippen molar-refractivity contribution < 1.29 is 27.7 Å². The fraction of sp³-hybridized carbons (Fsp3) is 0.471. The van der Waals surface area contributed by atoms with Crippen LogP contribution in [0.1, 0.15) is 23.7 Å². The third kappa shape index (κ3) is 5.40. The molecule has 172 valence electrons. The number of aromatic nitrogens is 4. The Balaban J connectivity index is 1.68. The number of sulfone groups is 1. The number of carbonyl (C=O) groups excluding carboxylic acids is 2. The highest BCUT2D eigenvalue weighted by molar-refractivity contribution is 7.99. The van der Waals surface area contributed by atoms with E-state index in [0.29, 0.717) is 11.6 Å². The first-order valence-electron chi connectivity index (χ1n) is 9.47. The molecule has 2 aromatic rings. The summed E-state index contributed by atoms with van der Waals surface area (Å²) < 4.78 is 29.7. The van der Waals surface area contributed by atoms with Crippen molar-refractivity contribution in [3.05, 3.63) is 33.9 Å². The number of likely N-dealkylation sites (N-methyl/N-ethyl adjacent to an activating group) is 1. The van der Waals surface area contributed by atoms with E-state index < -0.39 is 39.3 Å². The SMILES string of the molecule is CCN(C(=O)COC(=O)c1ccc(Sc2nnnn2C)c([N+](=O)[O-])c1)[C@H]1CCS(=O)(=O)C1. The van der Waals surface area contributed by atoms with E-state index in [9.17, 15) is 28.1 Å². The Bertz CT molecular complexity index is 1150. The number of nitro groups is 1. The summed E-state index contributed by atoms with van der Waals surface area (Å²) in [5.41, 5.74) is -0.443. The first-order chi connectivity index (χ1) is 15.1. The number of hydrogen-bond donors (Lipinski definition) is 0. The minimum atomic E-state index is -3.18. The van der Waals surface area contributed by atoms with Gasteiger partial charge in [0.25, 0.3) is 11.6 Å². The highest BCUT2D eigenvalue weighted by Crippen LogP contribution is 2.34. The molecule has 0 unspecified atom stereocenters. The van der Waals surface area contributed by atoms with Gasteiger partial charge in [0, 0.05) is 25.7 Å². The molecule has 1 fully saturated rings. The Morgan fingerprint density at radius 3 is 2.72 bits per heavy atom. The van der Waals surface area contributed by atoms with Crippen molar-refractivity contribution in [1.29, 1.82) is 0 Å². The first kappa shape index (κ1) is 23.6. The molecule has 1 atom stereocenters. The summed E-state index contributed by atoms with van der Waals surface area (Å²) in [4.78, 5) is 37.3. The molecule has 1 amide bonds. The third-order valence-corrected chi connectivity index (χ3v) is 7.65. The van der Waals surface area contributed by atoms with Crippen LogP contribution in [0.2, 0.25) is 0 Å². The fourth-order valence-corrected chi connectivity index (χ4v) is 5.78. The van der Waals surface area contributed by atoms with Crippen LogP contribution < -0.4 is 0 Å². The second kappa shape index (κ2) is 9.60. The van der Waals surface area contributed by atoms with E-state index in [2.05, 4.69) is 15.5 Å². The summed E-state index contributed by atoms with van der Waals surface area (Å²) in [6.07, 6.45) is 0.336. The van der Waals surface area contributed by atoms with Gasteiger partial charge in [-0.3, -0.25) is 14.9 Å². The number of amides is 1. The number of carbonyl (C=O) groups is 2. The van der Waals surface area contributed by atoms with Crippen molar-refractivity contribution >= 4 is 39.2 Å². The van der Waals surface area contributed by atoms with Gasteiger partial charge in [0.1, 0.15) is 0 Å². The Morgan fingerprint density at radius 2 is 2.16 bits per heavy atom. The average Bonchev–Trinajstić information content (AvgIpc) is 3.31. The van der Waals surface area contributed by atoms with Crippen LogP contribution in [0.5, 0.6) is 0 Å². The van der Waals surface area contributed by atoms with Gasteiger partial charge in [-0.1, -0.05) is 0 Å². The van der Waals surface area contributed by atoms with Gasteiger partial charge < -0.3 is 9.64 Å². The topological polar surface area (TPSA) is 167 Å². The lowest BCUT2D eigenvalue weighted by Gasteiger charge is -2.26. The summed E-state index contributed by atoms with van der Waals surface area (Å²) >= 11 is 0.958. The van der Waals surface area contributed by atoms with Crippen LogP contribution in [0.4, 0.5) is 5.69 Å². The Hall–Kier alpha value is -3.07. The lowest BCUT2D eigenvalue weighted by atomic mass is 10.2. The zero-order valence-electron chi connectivity index (χ0n) is 17.2. The minimum Gasteiger partial charge on any atom is -0.452 e. The van der Waals surface area contributed by atoms with Gasteiger partial charge in [-0.05, 0) is 47.7 Å². The zero-order valence-corrected chi connectivity index (χ0v) is 18.8. The van der Waals surface area contributed by atoms with Gasteiger partial charge in [-0.25, -0.2) is 17.9 Å². The van der Waals surface area contributed by atoms with Crippen molar-refractivity contribution in [2.24, 2.45) is 7.05 Å². The number of ether oxygens (including phenoxy) is 1. The predicted molar refractivity (Wildman–Crippen MR) is 111 cm³/mol. The molecular formula is C17H20N6O7S2. The van der Waals surface area contributed by atoms with Crippen molar-refractivity contribution in [3.8, 4) is 0 Å². The second-order valence-corrected chi connectivity index (χ2v) is 10.2. The summed E-state index contributed by atoms with van der Waals surface area (Å²) in [5.74, 6) is -1.54. The van der Waals surface area contributed by atoms with Gasteiger partial charge in [0.15, 0.2) is 16.4 Å². The standard InChI is InChI=1S/C17H20N6O7S2/c1-3-22(12-6-7-32(28,29)10-12)15(24)9-30-16(25)11-4-5-14(13(8-11)23(26)27)31-17-18-19-20-21(17)2/h4-5,8,12H,3,6-7,9-10H2,1-2H3/t12-/m0/s1. The lowest BCUT2D eigenvalue weighted by Crippen LogP contribution is -2.43. The molecular weight excluding hydrogens is 464 g/mol. The average molecular weight is 485 g/mol. The largest absolute Gasteiger partial charge is 0.452 e. The normalized spacial score (nSPS) is 17.1. The summed E-state index contributed by atoms with van der Waals surface area (Å²) in [6.45, 7) is 1.38. The van der Waals surface area contributed by atoms with Crippen LogP contribution in [0, 0.1) is 10.1 Å². The maximum Gasteiger partial charge on any atom is 0.338 e. The smallest absolute Gasteiger partial charge is 0.338 e. The zero-order chi connectivity index (χ0) is 23.5. The van der Waals surface area contributed by atoms with Crippen LogP contribution in [-0.2, 0) is 26.4 Å². The van der Waals surface area contributed by atoms with E-state index in [0.717, 1.165) is 17.8 Å². The number of aryl methyl sites for hydroxylation is 1. The van der Waals surface area contributed by atoms with E-state index in [1.165, 1.54) is 21.7 Å². The Labute approximate surface area is 187 Å². The third-order valence-electron chi connectivity index (χ3n) is 4.81. The molecule has 3 rings (SSSR count). The first-order valence-corrected chi connectivity index (χ1v) is 12.1. The molecule has 1 aliphatic rings. The number of nitro benzene ring substituents is 1. The van der Waals surface area contributed by atoms with E-state index in [1.807, 2.05) is 0 Å². The van der Waals surface area contributed by atoms with Crippen molar-refractivity contribution in [3.63, 3.8) is 0 Å². The quantitative estimate of drug-likeness (QED) is 0.290. The van der Waals surface area contributed by atoms with Gasteiger partial charge in [-0.15, -0.1) is 5.10 Å². The number of benzene rings is 1. The number of esters is 1. The molecule has 0 spiro atoms. The molecule has 0 saturated carbocycles. The van der Waals surface area contributed by atoms with Crippen LogP contribution >= 0.6 is 11.8 Å². The highest BCUT2D eigenvalue weighted by atomic mass is 32.2. The van der Waals surface area contributed by atoms with E-state index in [1.54, 1.807) is 14.0 Å². The van der Waals surface area contributed by atoms with Gasteiger partial charge in [0.2, 0.25) is 5.16 Å². The van der Waals surface area contributed by atoms with E-state index in [4.69, 9.17) is 4.74 Å². The predicted octanol–water partition coefficient (Wildman–Crippen LogP) is 0.462. The number of rotatable bonds is 8. The van der Waals surface area contributed by atoms with Crippen LogP contribution in [0.25, 0.3) is 0 Å². The monoisotopic (exact) mass is 484 g/mol. The minimum absolute atomic E-state index is 0.0136. The lowest BCUT2D eigenvalue weighted by molar-refractivity contribution is -0.387. The number of nitrogens with zero attached hydrogens (tertiary/aromatic N) is 6. The Kier molecular flexibility index (Phi) is 7.08. The molecule has 0 aliphatic carbocycles. The highest BCUT2D eigenvalue weighted by Gasteiger charge is 2.34. The molecule has 1 aromatic carbocycles. The summed E-state index contributed by atoms with van der Waals surface area (Å²) in [5, 5.41) is 22.7. The van der Waals surface area contributed by atoms with Gasteiger partial charge >= 0.3 is 5.97 Å². The van der Waals surface area contributed by atoms with Crippen molar-refractivity contribution in [2.45, 2.75) is 29.4 Å². The summed E-state index contributed by atoms with van der Waals surface area (Å²) in [6, 6.07) is 3.31. The molecule has 13 nitrogen and oxygen atoms in total. The maximum atomic E-state index is 12.5. The molecule has 1 saturated heterocycles.